The summed E-state index contributed by atoms with van der Waals surface area (Å²) in [5.74, 6) is -0.594. The third kappa shape index (κ3) is 3.79. The molecule has 0 radical (unpaired) electrons. The summed E-state index contributed by atoms with van der Waals surface area (Å²) in [4.78, 5) is 12.0. The molecule has 0 spiro atoms. The van der Waals surface area contributed by atoms with Gasteiger partial charge in [0.05, 0.1) is 6.04 Å². The highest BCUT2D eigenvalue weighted by Gasteiger charge is 2.15. The Hall–Kier alpha value is -2.40. The maximum atomic E-state index is 13.4. The molecule has 0 aliphatic rings. The summed E-state index contributed by atoms with van der Waals surface area (Å²) < 4.78 is 13.4. The molecular formula is C16H17FN2O2. The molecule has 0 aromatic heterocycles. The monoisotopic (exact) mass is 288 g/mol. The molecule has 0 saturated carbocycles. The van der Waals surface area contributed by atoms with Crippen LogP contribution in [0, 0.1) is 12.7 Å². The minimum atomic E-state index is -0.753. The van der Waals surface area contributed by atoms with Crippen molar-refractivity contribution in [2.75, 3.05) is 5.32 Å². The first-order chi connectivity index (χ1) is 9.97. The molecule has 1 atom stereocenters. The zero-order chi connectivity index (χ0) is 15.4. The Morgan fingerprint density at radius 1 is 1.29 bits per heavy atom. The lowest BCUT2D eigenvalue weighted by molar-refractivity contribution is -0.117. The largest absolute Gasteiger partial charge is 0.508 e. The molecule has 2 aromatic carbocycles. The number of hydrogen-bond donors (Lipinski definition) is 3. The van der Waals surface area contributed by atoms with Crippen molar-refractivity contribution < 1.29 is 14.3 Å². The Balaban J connectivity index is 2.02. The first kappa shape index (κ1) is 15.0. The molecule has 0 aliphatic heterocycles. The first-order valence-electron chi connectivity index (χ1n) is 6.57. The lowest BCUT2D eigenvalue weighted by Crippen LogP contribution is -2.37. The van der Waals surface area contributed by atoms with Gasteiger partial charge < -0.3 is 16.2 Å². The van der Waals surface area contributed by atoms with E-state index in [2.05, 4.69) is 5.32 Å². The molecule has 5 heteroatoms. The summed E-state index contributed by atoms with van der Waals surface area (Å²) in [6, 6.07) is 10.2. The van der Waals surface area contributed by atoms with Crippen molar-refractivity contribution in [2.45, 2.75) is 19.4 Å². The molecule has 0 aliphatic carbocycles. The van der Waals surface area contributed by atoms with E-state index in [1.165, 1.54) is 24.3 Å². The molecule has 0 unspecified atom stereocenters. The van der Waals surface area contributed by atoms with Gasteiger partial charge in [-0.2, -0.15) is 0 Å². The highest BCUT2D eigenvalue weighted by molar-refractivity contribution is 5.95. The van der Waals surface area contributed by atoms with Gasteiger partial charge in [0.25, 0.3) is 0 Å². The van der Waals surface area contributed by atoms with E-state index in [0.29, 0.717) is 17.7 Å². The highest BCUT2D eigenvalue weighted by Crippen LogP contribution is 2.18. The average molecular weight is 288 g/mol. The van der Waals surface area contributed by atoms with E-state index in [1.54, 1.807) is 25.1 Å². The fraction of sp³-hybridized carbons (Fsp3) is 0.188. The number of hydrogen-bond acceptors (Lipinski definition) is 3. The normalized spacial score (nSPS) is 12.0. The number of nitrogens with two attached hydrogens (primary N) is 1. The fourth-order valence-corrected chi connectivity index (χ4v) is 1.95. The van der Waals surface area contributed by atoms with Crippen molar-refractivity contribution in [1.29, 1.82) is 0 Å². The summed E-state index contributed by atoms with van der Waals surface area (Å²) >= 11 is 0. The second-order valence-corrected chi connectivity index (χ2v) is 4.88. The zero-order valence-electron chi connectivity index (χ0n) is 11.6. The van der Waals surface area contributed by atoms with Crippen LogP contribution in [0.1, 0.15) is 11.1 Å². The van der Waals surface area contributed by atoms with Crippen LogP contribution in [0.5, 0.6) is 5.75 Å². The molecule has 2 rings (SSSR count). The molecule has 4 N–H and O–H groups in total. The van der Waals surface area contributed by atoms with Crippen molar-refractivity contribution in [3.8, 4) is 5.75 Å². The minimum Gasteiger partial charge on any atom is -0.508 e. The SMILES string of the molecule is Cc1c(F)cccc1NC(=O)[C@@H](N)Cc1ccc(O)cc1. The van der Waals surface area contributed by atoms with Crippen LogP contribution in [0.4, 0.5) is 10.1 Å². The zero-order valence-corrected chi connectivity index (χ0v) is 11.6. The van der Waals surface area contributed by atoms with Crippen molar-refractivity contribution in [3.05, 3.63) is 59.4 Å². The van der Waals surface area contributed by atoms with Crippen molar-refractivity contribution in [1.82, 2.24) is 0 Å². The molecule has 110 valence electrons. The van der Waals surface area contributed by atoms with Gasteiger partial charge in [-0.05, 0) is 43.2 Å². The summed E-state index contributed by atoms with van der Waals surface area (Å²) in [7, 11) is 0. The number of nitrogens with one attached hydrogen (secondary N) is 1. The molecular weight excluding hydrogens is 271 g/mol. The minimum absolute atomic E-state index is 0.159. The van der Waals surface area contributed by atoms with Crippen molar-refractivity contribution in [2.24, 2.45) is 5.73 Å². The summed E-state index contributed by atoms with van der Waals surface area (Å²) in [5.41, 5.74) is 7.49. The van der Waals surface area contributed by atoms with E-state index in [4.69, 9.17) is 5.73 Å². The van der Waals surface area contributed by atoms with Crippen LogP contribution in [0.25, 0.3) is 0 Å². The lowest BCUT2D eigenvalue weighted by Gasteiger charge is -2.14. The van der Waals surface area contributed by atoms with Gasteiger partial charge in [0.2, 0.25) is 5.91 Å². The molecule has 1 amide bonds. The quantitative estimate of drug-likeness (QED) is 0.808. The average Bonchev–Trinajstić information content (AvgIpc) is 2.46. The molecule has 0 fully saturated rings. The van der Waals surface area contributed by atoms with Crippen LogP contribution in [-0.4, -0.2) is 17.1 Å². The Morgan fingerprint density at radius 2 is 1.95 bits per heavy atom. The van der Waals surface area contributed by atoms with Crippen LogP contribution >= 0.6 is 0 Å². The number of carbonyl (C=O) groups is 1. The molecule has 0 saturated heterocycles. The van der Waals surface area contributed by atoms with Crippen LogP contribution in [-0.2, 0) is 11.2 Å². The molecule has 0 heterocycles. The first-order valence-corrected chi connectivity index (χ1v) is 6.57. The van der Waals surface area contributed by atoms with Gasteiger partial charge in [-0.25, -0.2) is 4.39 Å². The molecule has 2 aromatic rings. The number of phenols is 1. The van der Waals surface area contributed by atoms with Crippen LogP contribution in [0.2, 0.25) is 0 Å². The molecule has 21 heavy (non-hydrogen) atoms. The fourth-order valence-electron chi connectivity index (χ4n) is 1.95. The number of halogens is 1. The number of phenolic OH excluding ortho intramolecular Hbond substituents is 1. The van der Waals surface area contributed by atoms with Gasteiger partial charge in [0.1, 0.15) is 11.6 Å². The maximum Gasteiger partial charge on any atom is 0.241 e. The summed E-state index contributed by atoms with van der Waals surface area (Å²) in [6.07, 6.45) is 0.334. The van der Waals surface area contributed by atoms with Gasteiger partial charge >= 0.3 is 0 Å². The van der Waals surface area contributed by atoms with E-state index in [-0.39, 0.29) is 17.5 Å². The van der Waals surface area contributed by atoms with E-state index >= 15 is 0 Å². The Bertz CT molecular complexity index is 641. The number of amides is 1. The number of benzene rings is 2. The predicted molar refractivity (Wildman–Crippen MR) is 79.6 cm³/mol. The summed E-state index contributed by atoms with van der Waals surface area (Å²) in [6.45, 7) is 1.59. The highest BCUT2D eigenvalue weighted by atomic mass is 19.1. The second-order valence-electron chi connectivity index (χ2n) is 4.88. The topological polar surface area (TPSA) is 75.4 Å². The van der Waals surface area contributed by atoms with Gasteiger partial charge in [-0.15, -0.1) is 0 Å². The number of anilines is 1. The smallest absolute Gasteiger partial charge is 0.241 e. The summed E-state index contributed by atoms with van der Waals surface area (Å²) in [5, 5.41) is 11.8. The third-order valence-corrected chi connectivity index (χ3v) is 3.25. The van der Waals surface area contributed by atoms with Gasteiger partial charge in [-0.3, -0.25) is 4.79 Å². The van der Waals surface area contributed by atoms with Gasteiger partial charge in [-0.1, -0.05) is 18.2 Å². The van der Waals surface area contributed by atoms with Crippen LogP contribution in [0.15, 0.2) is 42.5 Å². The predicted octanol–water partition coefficient (Wildman–Crippen LogP) is 2.35. The third-order valence-electron chi connectivity index (χ3n) is 3.25. The van der Waals surface area contributed by atoms with Gasteiger partial charge in [0, 0.05) is 11.3 Å². The van der Waals surface area contributed by atoms with Crippen LogP contribution < -0.4 is 11.1 Å². The molecule has 0 bridgehead atoms. The van der Waals surface area contributed by atoms with Gasteiger partial charge in [0.15, 0.2) is 0 Å². The van der Waals surface area contributed by atoms with E-state index in [0.717, 1.165) is 5.56 Å². The number of rotatable bonds is 4. The Morgan fingerprint density at radius 3 is 2.62 bits per heavy atom. The maximum absolute atomic E-state index is 13.4. The van der Waals surface area contributed by atoms with E-state index in [1.807, 2.05) is 0 Å². The number of aromatic hydroxyl groups is 1. The number of carbonyl (C=O) groups excluding carboxylic acids is 1. The van der Waals surface area contributed by atoms with Crippen molar-refractivity contribution >= 4 is 11.6 Å². The second kappa shape index (κ2) is 6.37. The Labute approximate surface area is 122 Å². The van der Waals surface area contributed by atoms with E-state index in [9.17, 15) is 14.3 Å². The van der Waals surface area contributed by atoms with Crippen LogP contribution in [0.3, 0.4) is 0 Å². The van der Waals surface area contributed by atoms with E-state index < -0.39 is 6.04 Å². The molecule has 4 nitrogen and oxygen atoms in total. The standard InChI is InChI=1S/C16H17FN2O2/c1-10-13(17)3-2-4-15(10)19-16(21)14(18)9-11-5-7-12(20)8-6-11/h2-8,14,20H,9,18H2,1H3,(H,19,21)/t14-/m0/s1. The Kier molecular flexibility index (Phi) is 4.55. The lowest BCUT2D eigenvalue weighted by atomic mass is 10.1. The van der Waals surface area contributed by atoms with Crippen molar-refractivity contribution in [3.63, 3.8) is 0 Å².